The maximum atomic E-state index is 12.1. The molecule has 1 N–H and O–H groups in total. The smallest absolute Gasteiger partial charge is 0.234 e. The minimum atomic E-state index is -0.0922. The number of aromatic nitrogens is 3. The van der Waals surface area contributed by atoms with Crippen molar-refractivity contribution < 1.29 is 9.53 Å². The van der Waals surface area contributed by atoms with E-state index in [1.165, 1.54) is 24.6 Å². The van der Waals surface area contributed by atoms with Crippen molar-refractivity contribution in [3.63, 3.8) is 0 Å². The summed E-state index contributed by atoms with van der Waals surface area (Å²) < 4.78 is 7.20. The Balaban J connectivity index is 1.58. The van der Waals surface area contributed by atoms with Gasteiger partial charge in [0.1, 0.15) is 11.6 Å². The molecule has 1 aliphatic rings. The van der Waals surface area contributed by atoms with Crippen molar-refractivity contribution in [2.45, 2.75) is 23.9 Å². The Bertz CT molecular complexity index is 682. The number of methoxy groups -OCH3 is 1. The molecule has 0 saturated heterocycles. The second-order valence-corrected chi connectivity index (χ2v) is 6.15. The molecule has 7 heteroatoms. The summed E-state index contributed by atoms with van der Waals surface area (Å²) in [6.45, 7) is 0. The van der Waals surface area contributed by atoms with Gasteiger partial charge in [-0.3, -0.25) is 4.79 Å². The summed E-state index contributed by atoms with van der Waals surface area (Å²) in [5, 5.41) is 12.0. The zero-order valence-electron chi connectivity index (χ0n) is 12.6. The number of benzene rings is 1. The third-order valence-electron chi connectivity index (χ3n) is 3.52. The van der Waals surface area contributed by atoms with Crippen molar-refractivity contribution in [1.29, 1.82) is 0 Å². The van der Waals surface area contributed by atoms with Crippen LogP contribution in [0.1, 0.15) is 24.6 Å². The molecule has 2 aromatic rings. The molecule has 22 heavy (non-hydrogen) atoms. The van der Waals surface area contributed by atoms with Gasteiger partial charge in [-0.1, -0.05) is 23.9 Å². The summed E-state index contributed by atoms with van der Waals surface area (Å²) in [7, 11) is 3.53. The molecule has 1 aliphatic carbocycles. The summed E-state index contributed by atoms with van der Waals surface area (Å²) >= 11 is 1.39. The maximum absolute atomic E-state index is 12.1. The first-order valence-corrected chi connectivity index (χ1v) is 8.12. The number of para-hydroxylation sites is 2. The largest absolute Gasteiger partial charge is 0.495 e. The van der Waals surface area contributed by atoms with Gasteiger partial charge in [0, 0.05) is 13.0 Å². The lowest BCUT2D eigenvalue weighted by Crippen LogP contribution is -2.15. The first kappa shape index (κ1) is 14.9. The third-order valence-corrected chi connectivity index (χ3v) is 4.54. The third kappa shape index (κ3) is 3.24. The molecule has 1 aromatic carbocycles. The Morgan fingerprint density at radius 3 is 2.91 bits per heavy atom. The molecule has 6 nitrogen and oxygen atoms in total. The second-order valence-electron chi connectivity index (χ2n) is 5.21. The highest BCUT2D eigenvalue weighted by molar-refractivity contribution is 7.99. The zero-order valence-corrected chi connectivity index (χ0v) is 13.4. The fraction of sp³-hybridized carbons (Fsp3) is 0.400. The van der Waals surface area contributed by atoms with Gasteiger partial charge in [0.2, 0.25) is 5.91 Å². The van der Waals surface area contributed by atoms with Crippen LogP contribution in [0.15, 0.2) is 29.4 Å². The van der Waals surface area contributed by atoms with Gasteiger partial charge in [-0.15, -0.1) is 10.2 Å². The van der Waals surface area contributed by atoms with Crippen molar-refractivity contribution in [3.05, 3.63) is 30.1 Å². The van der Waals surface area contributed by atoms with Crippen LogP contribution in [-0.2, 0) is 11.8 Å². The molecule has 0 unspecified atom stereocenters. The highest BCUT2D eigenvalue weighted by atomic mass is 32.2. The van der Waals surface area contributed by atoms with E-state index in [4.69, 9.17) is 4.74 Å². The first-order chi connectivity index (χ1) is 10.7. The molecule has 1 heterocycles. The molecule has 116 valence electrons. The Morgan fingerprint density at radius 2 is 2.18 bits per heavy atom. The van der Waals surface area contributed by atoms with Gasteiger partial charge in [-0.25, -0.2) is 0 Å². The SMILES string of the molecule is COc1ccccc1NC(=O)CSc1nnc(C2CC2)n1C. The van der Waals surface area contributed by atoms with Crippen LogP contribution in [0.5, 0.6) is 5.75 Å². The molecule has 0 atom stereocenters. The lowest BCUT2D eigenvalue weighted by Gasteiger charge is -2.09. The number of carbonyl (C=O) groups is 1. The van der Waals surface area contributed by atoms with Gasteiger partial charge in [0.25, 0.3) is 0 Å². The second kappa shape index (κ2) is 6.39. The molecule has 1 aromatic heterocycles. The Hall–Kier alpha value is -2.02. The molecule has 1 amide bonds. The fourth-order valence-electron chi connectivity index (χ4n) is 2.21. The van der Waals surface area contributed by atoms with E-state index in [0.717, 1.165) is 11.0 Å². The van der Waals surface area contributed by atoms with Gasteiger partial charge >= 0.3 is 0 Å². The summed E-state index contributed by atoms with van der Waals surface area (Å²) in [5.74, 6) is 2.41. The summed E-state index contributed by atoms with van der Waals surface area (Å²) in [6.07, 6.45) is 2.37. The molecule has 3 rings (SSSR count). The lowest BCUT2D eigenvalue weighted by molar-refractivity contribution is -0.113. The summed E-state index contributed by atoms with van der Waals surface area (Å²) in [6, 6.07) is 7.35. The van der Waals surface area contributed by atoms with E-state index in [1.807, 2.05) is 35.9 Å². The van der Waals surface area contributed by atoms with Crippen LogP contribution < -0.4 is 10.1 Å². The number of anilines is 1. The number of carbonyl (C=O) groups excluding carboxylic acids is 1. The Kier molecular flexibility index (Phi) is 4.33. The van der Waals surface area contributed by atoms with Gasteiger partial charge in [0.15, 0.2) is 5.16 Å². The van der Waals surface area contributed by atoms with Crippen LogP contribution in [-0.4, -0.2) is 33.5 Å². The van der Waals surface area contributed by atoms with Crippen LogP contribution in [0.2, 0.25) is 0 Å². The number of rotatable bonds is 6. The van der Waals surface area contributed by atoms with Crippen LogP contribution in [0.3, 0.4) is 0 Å². The number of nitrogens with one attached hydrogen (secondary N) is 1. The molecule has 1 fully saturated rings. The van der Waals surface area contributed by atoms with Crippen LogP contribution >= 0.6 is 11.8 Å². The Morgan fingerprint density at radius 1 is 1.41 bits per heavy atom. The number of hydrogen-bond donors (Lipinski definition) is 1. The van der Waals surface area contributed by atoms with E-state index >= 15 is 0 Å². The van der Waals surface area contributed by atoms with E-state index < -0.39 is 0 Å². The zero-order chi connectivity index (χ0) is 15.5. The highest BCUT2D eigenvalue weighted by Gasteiger charge is 2.29. The molecule has 0 spiro atoms. The average Bonchev–Trinajstić information content (AvgIpc) is 3.30. The van der Waals surface area contributed by atoms with Gasteiger partial charge in [-0.2, -0.15) is 0 Å². The number of thioether (sulfide) groups is 1. The van der Waals surface area contributed by atoms with Gasteiger partial charge in [0.05, 0.1) is 18.6 Å². The molecular formula is C15H18N4O2S. The van der Waals surface area contributed by atoms with E-state index in [1.54, 1.807) is 7.11 Å². The number of amides is 1. The van der Waals surface area contributed by atoms with Crippen LogP contribution in [0, 0.1) is 0 Å². The van der Waals surface area contributed by atoms with E-state index in [0.29, 0.717) is 17.4 Å². The number of nitrogens with zero attached hydrogens (tertiary/aromatic N) is 3. The number of ether oxygens (including phenoxy) is 1. The fourth-order valence-corrected chi connectivity index (χ4v) is 2.93. The Labute approximate surface area is 133 Å². The predicted molar refractivity (Wildman–Crippen MR) is 85.3 cm³/mol. The van der Waals surface area contributed by atoms with E-state index in [9.17, 15) is 4.79 Å². The molecule has 0 aliphatic heterocycles. The topological polar surface area (TPSA) is 69.0 Å². The number of hydrogen-bond acceptors (Lipinski definition) is 5. The molecule has 0 radical (unpaired) electrons. The normalized spacial score (nSPS) is 13.9. The first-order valence-electron chi connectivity index (χ1n) is 7.14. The van der Waals surface area contributed by atoms with Crippen molar-refractivity contribution in [3.8, 4) is 5.75 Å². The highest BCUT2D eigenvalue weighted by Crippen LogP contribution is 2.39. The monoisotopic (exact) mass is 318 g/mol. The molecule has 1 saturated carbocycles. The van der Waals surface area contributed by atoms with Crippen molar-refractivity contribution in [2.75, 3.05) is 18.2 Å². The molecular weight excluding hydrogens is 300 g/mol. The minimum absolute atomic E-state index is 0.0922. The van der Waals surface area contributed by atoms with Crippen LogP contribution in [0.25, 0.3) is 0 Å². The van der Waals surface area contributed by atoms with Crippen LogP contribution in [0.4, 0.5) is 5.69 Å². The summed E-state index contributed by atoms with van der Waals surface area (Å²) in [5.41, 5.74) is 0.673. The molecule has 0 bridgehead atoms. The van der Waals surface area contributed by atoms with Crippen molar-refractivity contribution >= 4 is 23.4 Å². The predicted octanol–water partition coefficient (Wildman–Crippen LogP) is 2.43. The standard InChI is InChI=1S/C15H18N4O2S/c1-19-14(10-7-8-10)17-18-15(19)22-9-13(20)16-11-5-3-4-6-12(11)21-2/h3-6,10H,7-9H2,1-2H3,(H,16,20). The average molecular weight is 318 g/mol. The van der Waals surface area contributed by atoms with E-state index in [-0.39, 0.29) is 11.7 Å². The maximum Gasteiger partial charge on any atom is 0.234 e. The van der Waals surface area contributed by atoms with Gasteiger partial charge < -0.3 is 14.6 Å². The van der Waals surface area contributed by atoms with E-state index in [2.05, 4.69) is 15.5 Å². The minimum Gasteiger partial charge on any atom is -0.495 e. The summed E-state index contributed by atoms with van der Waals surface area (Å²) in [4.78, 5) is 12.1. The quantitative estimate of drug-likeness (QED) is 0.829. The van der Waals surface area contributed by atoms with Crippen molar-refractivity contribution in [1.82, 2.24) is 14.8 Å². The van der Waals surface area contributed by atoms with Crippen molar-refractivity contribution in [2.24, 2.45) is 7.05 Å². The lowest BCUT2D eigenvalue weighted by atomic mass is 10.3. The van der Waals surface area contributed by atoms with Gasteiger partial charge in [-0.05, 0) is 25.0 Å².